The molecule has 0 amide bonds. The van der Waals surface area contributed by atoms with Crippen LogP contribution in [-0.4, -0.2) is 68.7 Å². The van der Waals surface area contributed by atoms with E-state index in [4.69, 9.17) is 10.1 Å². The van der Waals surface area contributed by atoms with Crippen LogP contribution in [0.25, 0.3) is 10.9 Å². The maximum atomic E-state index is 9.09. The Balaban J connectivity index is 1.22. The van der Waals surface area contributed by atoms with Gasteiger partial charge in [-0.15, -0.1) is 0 Å². The maximum absolute atomic E-state index is 9.09. The topological polar surface area (TPSA) is 67.4 Å². The highest BCUT2D eigenvalue weighted by molar-refractivity contribution is 5.85. The van der Waals surface area contributed by atoms with E-state index in [0.29, 0.717) is 17.6 Å². The first-order chi connectivity index (χ1) is 16.1. The monoisotopic (exact) mass is 443 g/mol. The second-order valence-electron chi connectivity index (χ2n) is 10.9. The SMILES string of the molecule is C[C@@H]1Cc2c([nH]c3ccccc23)[C@@H](c2ccc(NC3CN(CCO)C3)nc2)N1C12CC(C1)C2. The van der Waals surface area contributed by atoms with Crippen molar-refractivity contribution in [3.8, 4) is 0 Å². The van der Waals surface area contributed by atoms with Crippen molar-refractivity contribution in [2.24, 2.45) is 5.92 Å². The van der Waals surface area contributed by atoms with Crippen LogP contribution in [0, 0.1) is 5.92 Å². The van der Waals surface area contributed by atoms with Crippen LogP contribution in [0.5, 0.6) is 0 Å². The van der Waals surface area contributed by atoms with E-state index in [-0.39, 0.29) is 12.6 Å². The summed E-state index contributed by atoms with van der Waals surface area (Å²) in [7, 11) is 0. The molecule has 2 aliphatic heterocycles. The maximum Gasteiger partial charge on any atom is 0.126 e. The van der Waals surface area contributed by atoms with E-state index in [1.807, 2.05) is 0 Å². The van der Waals surface area contributed by atoms with Crippen molar-refractivity contribution < 1.29 is 5.11 Å². The Kier molecular flexibility index (Phi) is 4.42. The molecule has 1 saturated heterocycles. The van der Waals surface area contributed by atoms with Crippen LogP contribution in [0.1, 0.15) is 49.0 Å². The van der Waals surface area contributed by atoms with E-state index in [0.717, 1.165) is 37.8 Å². The van der Waals surface area contributed by atoms with Crippen molar-refractivity contribution in [1.82, 2.24) is 19.8 Å². The number of likely N-dealkylation sites (tertiary alicyclic amines) is 1. The van der Waals surface area contributed by atoms with Crippen molar-refractivity contribution in [2.75, 3.05) is 31.6 Å². The quantitative estimate of drug-likeness (QED) is 0.544. The van der Waals surface area contributed by atoms with E-state index in [9.17, 15) is 0 Å². The van der Waals surface area contributed by atoms with Crippen molar-refractivity contribution in [3.05, 3.63) is 59.4 Å². The normalized spacial score (nSPS) is 31.5. The van der Waals surface area contributed by atoms with Gasteiger partial charge in [0.15, 0.2) is 0 Å². The Morgan fingerprint density at radius 2 is 1.97 bits per heavy atom. The third-order valence-corrected chi connectivity index (χ3v) is 8.75. The Morgan fingerprint density at radius 3 is 2.67 bits per heavy atom. The number of nitrogens with one attached hydrogen (secondary N) is 2. The molecule has 6 heteroatoms. The lowest BCUT2D eigenvalue weighted by molar-refractivity contribution is -0.174. The molecule has 0 spiro atoms. The predicted octanol–water partition coefficient (Wildman–Crippen LogP) is 3.54. The fraction of sp³-hybridized carbons (Fsp3) is 0.519. The lowest BCUT2D eigenvalue weighted by Crippen LogP contribution is -2.71. The summed E-state index contributed by atoms with van der Waals surface area (Å²) in [4.78, 5) is 13.8. The average Bonchev–Trinajstić information content (AvgIpc) is 3.09. The minimum absolute atomic E-state index is 0.230. The first-order valence-corrected chi connectivity index (χ1v) is 12.6. The molecular formula is C27H33N5O. The number of rotatable bonds is 6. The number of nitrogens with zero attached hydrogens (tertiary/aromatic N) is 3. The number of hydrogen-bond donors (Lipinski definition) is 3. The number of pyridine rings is 1. The zero-order valence-corrected chi connectivity index (χ0v) is 19.3. The molecule has 2 bridgehead atoms. The summed E-state index contributed by atoms with van der Waals surface area (Å²) in [5, 5.41) is 14.0. The summed E-state index contributed by atoms with van der Waals surface area (Å²) in [6.07, 6.45) is 7.30. The van der Waals surface area contributed by atoms with Gasteiger partial charge in [-0.05, 0) is 61.8 Å². The van der Waals surface area contributed by atoms with Gasteiger partial charge in [0.1, 0.15) is 5.82 Å². The Morgan fingerprint density at radius 1 is 1.15 bits per heavy atom. The molecule has 0 unspecified atom stereocenters. The van der Waals surface area contributed by atoms with E-state index < -0.39 is 0 Å². The van der Waals surface area contributed by atoms with Gasteiger partial charge in [0.05, 0.1) is 18.7 Å². The first kappa shape index (κ1) is 20.0. The smallest absolute Gasteiger partial charge is 0.126 e. The highest BCUT2D eigenvalue weighted by atomic mass is 16.3. The Hall–Kier alpha value is -2.41. The summed E-state index contributed by atoms with van der Waals surface area (Å²) in [5.41, 5.74) is 5.80. The lowest BCUT2D eigenvalue weighted by Gasteiger charge is -2.70. The fourth-order valence-electron chi connectivity index (χ4n) is 7.13. The minimum atomic E-state index is 0.230. The summed E-state index contributed by atoms with van der Waals surface area (Å²) < 4.78 is 0. The number of H-pyrrole nitrogens is 1. The lowest BCUT2D eigenvalue weighted by atomic mass is 9.48. The molecule has 33 heavy (non-hydrogen) atoms. The van der Waals surface area contributed by atoms with E-state index in [2.05, 4.69) is 69.6 Å². The van der Waals surface area contributed by atoms with Crippen LogP contribution in [0.2, 0.25) is 0 Å². The zero-order chi connectivity index (χ0) is 22.2. The summed E-state index contributed by atoms with van der Waals surface area (Å²) in [6, 6.07) is 14.4. The van der Waals surface area contributed by atoms with Crippen LogP contribution >= 0.6 is 0 Å². The summed E-state index contributed by atoms with van der Waals surface area (Å²) in [6.45, 7) is 5.36. The Labute approximate surface area is 195 Å². The molecule has 5 aliphatic rings. The molecule has 8 rings (SSSR count). The van der Waals surface area contributed by atoms with Crippen LogP contribution in [0.15, 0.2) is 42.6 Å². The molecule has 4 fully saturated rings. The number of anilines is 1. The van der Waals surface area contributed by atoms with Gasteiger partial charge < -0.3 is 15.4 Å². The summed E-state index contributed by atoms with van der Waals surface area (Å²) >= 11 is 0. The van der Waals surface area contributed by atoms with Crippen LogP contribution in [-0.2, 0) is 6.42 Å². The number of aromatic amines is 1. The molecule has 3 aliphatic carbocycles. The van der Waals surface area contributed by atoms with E-state index >= 15 is 0 Å². The fourth-order valence-corrected chi connectivity index (χ4v) is 7.13. The van der Waals surface area contributed by atoms with Crippen molar-refractivity contribution in [2.45, 2.75) is 56.3 Å². The number of para-hydroxylation sites is 1. The molecule has 2 atom stereocenters. The van der Waals surface area contributed by atoms with Crippen molar-refractivity contribution in [1.29, 1.82) is 0 Å². The molecule has 1 aromatic carbocycles. The highest BCUT2D eigenvalue weighted by Gasteiger charge is 2.63. The Bertz CT molecular complexity index is 1160. The van der Waals surface area contributed by atoms with Gasteiger partial charge in [0, 0.05) is 54.0 Å². The molecule has 3 saturated carbocycles. The number of aliphatic hydroxyl groups is 1. The van der Waals surface area contributed by atoms with Crippen LogP contribution in [0.3, 0.4) is 0 Å². The summed E-state index contributed by atoms with van der Waals surface area (Å²) in [5.74, 6) is 1.91. The number of β-amino-alcohol motifs (C(OH)–C–C–N with tert-alkyl or cyclic N) is 1. The van der Waals surface area contributed by atoms with Gasteiger partial charge in [-0.25, -0.2) is 4.98 Å². The van der Waals surface area contributed by atoms with Crippen LogP contribution in [0.4, 0.5) is 5.82 Å². The molecular weight excluding hydrogens is 410 g/mol. The van der Waals surface area contributed by atoms with Gasteiger partial charge >= 0.3 is 0 Å². The number of fused-ring (bicyclic) bond motifs is 3. The second kappa shape index (κ2) is 7.29. The molecule has 172 valence electrons. The van der Waals surface area contributed by atoms with Crippen molar-refractivity contribution >= 4 is 16.7 Å². The van der Waals surface area contributed by atoms with Gasteiger partial charge in [-0.2, -0.15) is 0 Å². The minimum Gasteiger partial charge on any atom is -0.395 e. The third kappa shape index (κ3) is 3.00. The number of hydrogen-bond acceptors (Lipinski definition) is 5. The predicted molar refractivity (Wildman–Crippen MR) is 130 cm³/mol. The number of benzene rings is 1. The van der Waals surface area contributed by atoms with Crippen LogP contribution < -0.4 is 5.32 Å². The van der Waals surface area contributed by atoms with Gasteiger partial charge in [0.2, 0.25) is 0 Å². The zero-order valence-electron chi connectivity index (χ0n) is 19.3. The van der Waals surface area contributed by atoms with E-state index in [1.54, 1.807) is 0 Å². The molecule has 2 aromatic heterocycles. The first-order valence-electron chi connectivity index (χ1n) is 12.6. The number of aromatic nitrogens is 2. The van der Waals surface area contributed by atoms with Gasteiger partial charge in [-0.1, -0.05) is 24.3 Å². The standard InChI is InChI=1S/C27H33N5O/c1-17-10-22-21-4-2-3-5-23(21)30-25(22)26(32(17)27-11-18(12-27)13-27)19-6-7-24(28-14-19)29-20-15-31(16-20)8-9-33/h2-7,14,17-18,20,26,30,33H,8-13,15-16H2,1H3,(H,28,29)/t17-,18?,26-,27?/m1/s1. The molecule has 6 nitrogen and oxygen atoms in total. The van der Waals surface area contributed by atoms with E-state index in [1.165, 1.54) is 47.0 Å². The second-order valence-corrected chi connectivity index (χ2v) is 10.9. The molecule has 3 N–H and O–H groups in total. The van der Waals surface area contributed by atoms with Crippen molar-refractivity contribution in [3.63, 3.8) is 0 Å². The largest absolute Gasteiger partial charge is 0.395 e. The average molecular weight is 444 g/mol. The highest BCUT2D eigenvalue weighted by Crippen LogP contribution is 2.64. The third-order valence-electron chi connectivity index (χ3n) is 8.75. The molecule has 3 aromatic rings. The molecule has 0 radical (unpaired) electrons. The molecule has 4 heterocycles. The number of aliphatic hydroxyl groups excluding tert-OH is 1. The van der Waals surface area contributed by atoms with Gasteiger partial charge in [-0.3, -0.25) is 9.80 Å². The van der Waals surface area contributed by atoms with Gasteiger partial charge in [0.25, 0.3) is 0 Å².